The molecule has 0 saturated carbocycles. The highest BCUT2D eigenvalue weighted by atomic mass is 16.5. The lowest BCUT2D eigenvalue weighted by Gasteiger charge is -2.07. The third kappa shape index (κ3) is 3.14. The summed E-state index contributed by atoms with van der Waals surface area (Å²) in [6, 6.07) is 13.7. The largest absolute Gasteiger partial charge is 0.459 e. The Kier molecular flexibility index (Phi) is 3.87. The smallest absolute Gasteiger partial charge is 0.328 e. The summed E-state index contributed by atoms with van der Waals surface area (Å²) in [6.45, 7) is 4.39. The quantitative estimate of drug-likeness (QED) is 0.694. The van der Waals surface area contributed by atoms with Crippen LogP contribution in [0.3, 0.4) is 0 Å². The Morgan fingerprint density at radius 3 is 2.64 bits per heavy atom. The molecule has 0 aliphatic rings. The highest BCUT2D eigenvalue weighted by Gasteiger charge is 2.10. The number of carbonyl (C=O) groups is 1. The number of ether oxygens (including phenoxy) is 1. The number of aryl methyl sites for hydroxylation is 2. The van der Waals surface area contributed by atoms with E-state index in [1.165, 1.54) is 0 Å². The van der Waals surface area contributed by atoms with Gasteiger partial charge in [-0.1, -0.05) is 46.7 Å². The molecule has 0 radical (unpaired) electrons. The maximum Gasteiger partial charge on any atom is 0.328 e. The molecule has 0 aliphatic heterocycles. The fraction of sp³-hybridized carbons (Fsp3) is 0.235. The molecule has 5 nitrogen and oxygen atoms in total. The minimum atomic E-state index is -0.324. The fourth-order valence-electron chi connectivity index (χ4n) is 2.52. The molecule has 0 bridgehead atoms. The second-order valence-electron chi connectivity index (χ2n) is 5.39. The van der Waals surface area contributed by atoms with E-state index in [1.54, 1.807) is 4.68 Å². The Bertz CT molecular complexity index is 803. The summed E-state index contributed by atoms with van der Waals surface area (Å²) >= 11 is 0. The van der Waals surface area contributed by atoms with Gasteiger partial charge in [-0.15, -0.1) is 5.10 Å². The van der Waals surface area contributed by atoms with Crippen molar-refractivity contribution in [2.24, 2.45) is 0 Å². The van der Waals surface area contributed by atoms with Crippen molar-refractivity contribution in [1.82, 2.24) is 15.0 Å². The molecule has 3 rings (SSSR count). The van der Waals surface area contributed by atoms with Crippen LogP contribution in [0.25, 0.3) is 11.0 Å². The highest BCUT2D eigenvalue weighted by molar-refractivity contribution is 5.76. The number of benzene rings is 2. The molecule has 2 aromatic carbocycles. The van der Waals surface area contributed by atoms with Crippen LogP contribution in [0.1, 0.15) is 16.7 Å². The van der Waals surface area contributed by atoms with Gasteiger partial charge in [-0.25, -0.2) is 4.68 Å². The van der Waals surface area contributed by atoms with Gasteiger partial charge in [0.25, 0.3) is 0 Å². The number of esters is 1. The summed E-state index contributed by atoms with van der Waals surface area (Å²) < 4.78 is 6.89. The molecule has 0 spiro atoms. The number of hydrogen-bond acceptors (Lipinski definition) is 4. The topological polar surface area (TPSA) is 57.0 Å². The molecule has 0 fully saturated rings. The molecule has 1 heterocycles. The van der Waals surface area contributed by atoms with Gasteiger partial charge in [-0.05, 0) is 31.5 Å². The summed E-state index contributed by atoms with van der Waals surface area (Å²) in [5, 5.41) is 8.00. The van der Waals surface area contributed by atoms with Crippen molar-refractivity contribution in [3.63, 3.8) is 0 Å². The first-order valence-corrected chi connectivity index (χ1v) is 7.13. The van der Waals surface area contributed by atoms with Crippen LogP contribution < -0.4 is 0 Å². The van der Waals surface area contributed by atoms with Crippen molar-refractivity contribution in [3.8, 4) is 0 Å². The van der Waals surface area contributed by atoms with E-state index in [2.05, 4.69) is 16.4 Å². The summed E-state index contributed by atoms with van der Waals surface area (Å²) in [4.78, 5) is 12.0. The third-order valence-electron chi connectivity index (χ3n) is 3.38. The first-order valence-electron chi connectivity index (χ1n) is 7.13. The number of nitrogens with zero attached hydrogens (tertiary/aromatic N) is 3. The Balaban J connectivity index is 1.65. The molecule has 5 heteroatoms. The minimum Gasteiger partial charge on any atom is -0.459 e. The molecule has 0 unspecified atom stereocenters. The Hall–Kier alpha value is -2.69. The first kappa shape index (κ1) is 14.3. The van der Waals surface area contributed by atoms with Crippen LogP contribution in [0.15, 0.2) is 42.5 Å². The van der Waals surface area contributed by atoms with Gasteiger partial charge < -0.3 is 4.74 Å². The van der Waals surface area contributed by atoms with Crippen LogP contribution in [0.2, 0.25) is 0 Å². The van der Waals surface area contributed by atoms with Crippen molar-refractivity contribution < 1.29 is 9.53 Å². The SMILES string of the molecule is Cc1cc(C)cc(COC(=O)Cn2nnc3ccccc32)c1. The zero-order chi connectivity index (χ0) is 15.5. The van der Waals surface area contributed by atoms with Gasteiger partial charge >= 0.3 is 5.97 Å². The van der Waals surface area contributed by atoms with E-state index >= 15 is 0 Å². The molecule has 1 aromatic heterocycles. The van der Waals surface area contributed by atoms with Crippen molar-refractivity contribution in [2.75, 3.05) is 0 Å². The van der Waals surface area contributed by atoms with Crippen LogP contribution in [-0.2, 0) is 22.7 Å². The van der Waals surface area contributed by atoms with Crippen LogP contribution in [-0.4, -0.2) is 21.0 Å². The molecule has 0 aliphatic carbocycles. The molecule has 0 saturated heterocycles. The van der Waals surface area contributed by atoms with Gasteiger partial charge in [-0.2, -0.15) is 0 Å². The van der Waals surface area contributed by atoms with Crippen molar-refractivity contribution in [1.29, 1.82) is 0 Å². The van der Waals surface area contributed by atoms with Gasteiger partial charge in [0, 0.05) is 0 Å². The second-order valence-corrected chi connectivity index (χ2v) is 5.39. The average Bonchev–Trinajstić information content (AvgIpc) is 2.88. The van der Waals surface area contributed by atoms with Crippen LogP contribution in [0, 0.1) is 13.8 Å². The first-order chi connectivity index (χ1) is 10.6. The predicted molar refractivity (Wildman–Crippen MR) is 83.2 cm³/mol. The molecule has 112 valence electrons. The van der Waals surface area contributed by atoms with Gasteiger partial charge in [0.2, 0.25) is 0 Å². The zero-order valence-corrected chi connectivity index (χ0v) is 12.6. The third-order valence-corrected chi connectivity index (χ3v) is 3.38. The lowest BCUT2D eigenvalue weighted by molar-refractivity contribution is -0.145. The van der Waals surface area contributed by atoms with Gasteiger partial charge in [0.15, 0.2) is 0 Å². The van der Waals surface area contributed by atoms with Crippen LogP contribution in [0.4, 0.5) is 0 Å². The van der Waals surface area contributed by atoms with Gasteiger partial charge in [0.1, 0.15) is 18.7 Å². The summed E-state index contributed by atoms with van der Waals surface area (Å²) in [6.07, 6.45) is 0. The monoisotopic (exact) mass is 295 g/mol. The Morgan fingerprint density at radius 1 is 1.14 bits per heavy atom. The summed E-state index contributed by atoms with van der Waals surface area (Å²) in [5.41, 5.74) is 4.91. The molecule has 22 heavy (non-hydrogen) atoms. The minimum absolute atomic E-state index is 0.0608. The maximum atomic E-state index is 12.0. The van der Waals surface area contributed by atoms with E-state index in [-0.39, 0.29) is 19.1 Å². The lowest BCUT2D eigenvalue weighted by Crippen LogP contribution is -2.14. The van der Waals surface area contributed by atoms with Crippen molar-refractivity contribution >= 4 is 17.0 Å². The molecule has 0 atom stereocenters. The summed E-state index contributed by atoms with van der Waals surface area (Å²) in [7, 11) is 0. The number of rotatable bonds is 4. The number of aromatic nitrogens is 3. The molecular weight excluding hydrogens is 278 g/mol. The van der Waals surface area contributed by atoms with Crippen molar-refractivity contribution in [2.45, 2.75) is 27.0 Å². The van der Waals surface area contributed by atoms with Crippen molar-refractivity contribution in [3.05, 3.63) is 59.2 Å². The second kappa shape index (κ2) is 5.97. The van der Waals surface area contributed by atoms with E-state index in [0.29, 0.717) is 0 Å². The van der Waals surface area contributed by atoms with Crippen LogP contribution >= 0.6 is 0 Å². The Labute approximate surface area is 128 Å². The van der Waals surface area contributed by atoms with E-state index in [0.717, 1.165) is 27.7 Å². The molecule has 0 amide bonds. The van der Waals surface area contributed by atoms with E-state index < -0.39 is 0 Å². The number of hydrogen-bond donors (Lipinski definition) is 0. The number of para-hydroxylation sites is 1. The van der Waals surface area contributed by atoms with E-state index in [4.69, 9.17) is 4.74 Å². The predicted octanol–water partition coefficient (Wildman–Crippen LogP) is 2.79. The van der Waals surface area contributed by atoms with Crippen LogP contribution in [0.5, 0.6) is 0 Å². The number of carbonyl (C=O) groups excluding carboxylic acids is 1. The zero-order valence-electron chi connectivity index (χ0n) is 12.6. The average molecular weight is 295 g/mol. The van der Waals surface area contributed by atoms with E-state index in [9.17, 15) is 4.79 Å². The molecule has 3 aromatic rings. The fourth-order valence-corrected chi connectivity index (χ4v) is 2.52. The molecule has 0 N–H and O–H groups in total. The number of fused-ring (bicyclic) bond motifs is 1. The van der Waals surface area contributed by atoms with E-state index in [1.807, 2.05) is 50.2 Å². The maximum absolute atomic E-state index is 12.0. The Morgan fingerprint density at radius 2 is 1.86 bits per heavy atom. The van der Waals surface area contributed by atoms with Gasteiger partial charge in [-0.3, -0.25) is 4.79 Å². The summed E-state index contributed by atoms with van der Waals surface area (Å²) in [5.74, 6) is -0.324. The highest BCUT2D eigenvalue weighted by Crippen LogP contribution is 2.12. The standard InChI is InChI=1S/C17H17N3O2/c1-12-7-13(2)9-14(8-12)11-22-17(21)10-20-16-6-4-3-5-15(16)18-19-20/h3-9H,10-11H2,1-2H3. The lowest BCUT2D eigenvalue weighted by atomic mass is 10.1. The molecular formula is C17H17N3O2. The van der Waals surface area contributed by atoms with Gasteiger partial charge in [0.05, 0.1) is 5.52 Å². The normalized spacial score (nSPS) is 10.8.